The van der Waals surface area contributed by atoms with Crippen molar-refractivity contribution in [2.75, 3.05) is 19.3 Å². The van der Waals surface area contributed by atoms with E-state index in [1.165, 1.54) is 0 Å². The normalized spacial score (nSPS) is 24.1. The number of benzene rings is 1. The first kappa shape index (κ1) is 13.8. The van der Waals surface area contributed by atoms with E-state index in [9.17, 15) is 4.79 Å². The predicted molar refractivity (Wildman–Crippen MR) is 77.5 cm³/mol. The summed E-state index contributed by atoms with van der Waals surface area (Å²) >= 11 is 7.82. The topological polar surface area (TPSA) is 20.3 Å². The van der Waals surface area contributed by atoms with Crippen molar-refractivity contribution in [3.05, 3.63) is 29.8 Å². The van der Waals surface area contributed by atoms with Crippen LogP contribution in [0.25, 0.3) is 0 Å². The van der Waals surface area contributed by atoms with Crippen LogP contribution in [0.4, 0.5) is 0 Å². The van der Waals surface area contributed by atoms with Crippen LogP contribution in [0.15, 0.2) is 29.2 Å². The number of carbonyl (C=O) groups excluding carboxylic acids is 1. The van der Waals surface area contributed by atoms with Gasteiger partial charge < -0.3 is 4.90 Å². The molecule has 4 heteroatoms. The maximum Gasteiger partial charge on any atom is 0.254 e. The van der Waals surface area contributed by atoms with Gasteiger partial charge in [0.15, 0.2) is 0 Å². The lowest BCUT2D eigenvalue weighted by molar-refractivity contribution is 0.0683. The van der Waals surface area contributed by atoms with Crippen molar-refractivity contribution in [2.24, 2.45) is 5.92 Å². The van der Waals surface area contributed by atoms with E-state index in [4.69, 9.17) is 11.6 Å². The third kappa shape index (κ3) is 2.83. The minimum atomic E-state index is 0.135. The van der Waals surface area contributed by atoms with Gasteiger partial charge in [-0.2, -0.15) is 0 Å². The van der Waals surface area contributed by atoms with Crippen molar-refractivity contribution in [2.45, 2.75) is 23.6 Å². The summed E-state index contributed by atoms with van der Waals surface area (Å²) in [4.78, 5) is 15.5. The first-order valence-corrected chi connectivity index (χ1v) is 7.86. The highest BCUT2D eigenvalue weighted by molar-refractivity contribution is 7.98. The van der Waals surface area contributed by atoms with Gasteiger partial charge in [0.05, 0.1) is 5.56 Å². The summed E-state index contributed by atoms with van der Waals surface area (Å²) in [6.45, 7) is 3.63. The zero-order chi connectivity index (χ0) is 13.1. The molecule has 1 aliphatic heterocycles. The molecule has 0 aliphatic carbocycles. The molecule has 0 aromatic heterocycles. The minimum absolute atomic E-state index is 0.135. The molecule has 1 aromatic rings. The van der Waals surface area contributed by atoms with Crippen LogP contribution < -0.4 is 0 Å². The van der Waals surface area contributed by atoms with Gasteiger partial charge in [-0.3, -0.25) is 4.79 Å². The molecule has 2 nitrogen and oxygen atoms in total. The summed E-state index contributed by atoms with van der Waals surface area (Å²) in [6.07, 6.45) is 2.88. The van der Waals surface area contributed by atoms with Crippen molar-refractivity contribution < 1.29 is 4.79 Å². The highest BCUT2D eigenvalue weighted by Crippen LogP contribution is 2.26. The standard InChI is InChI=1S/C14H18ClNOS/c1-10-9-16(8-7-12(10)15)14(17)11-5-3-4-6-13(11)18-2/h3-6,10,12H,7-9H2,1-2H3. The second kappa shape index (κ2) is 5.98. The largest absolute Gasteiger partial charge is 0.338 e. The van der Waals surface area contributed by atoms with E-state index in [0.29, 0.717) is 5.92 Å². The van der Waals surface area contributed by atoms with Gasteiger partial charge in [0, 0.05) is 23.4 Å². The van der Waals surface area contributed by atoms with Crippen LogP contribution in [0.5, 0.6) is 0 Å². The Labute approximate surface area is 118 Å². The highest BCUT2D eigenvalue weighted by atomic mass is 35.5. The zero-order valence-electron chi connectivity index (χ0n) is 10.7. The number of halogens is 1. The summed E-state index contributed by atoms with van der Waals surface area (Å²) in [5, 5.41) is 0.199. The molecule has 1 heterocycles. The van der Waals surface area contributed by atoms with E-state index in [0.717, 1.165) is 30.0 Å². The Balaban J connectivity index is 2.16. The lowest BCUT2D eigenvalue weighted by Gasteiger charge is -2.34. The summed E-state index contributed by atoms with van der Waals surface area (Å²) in [5.74, 6) is 0.501. The van der Waals surface area contributed by atoms with Gasteiger partial charge in [-0.1, -0.05) is 19.1 Å². The molecule has 1 fully saturated rings. The van der Waals surface area contributed by atoms with Crippen molar-refractivity contribution in [3.8, 4) is 0 Å². The molecule has 0 N–H and O–H groups in total. The molecule has 0 saturated carbocycles. The maximum absolute atomic E-state index is 12.5. The number of nitrogens with zero attached hydrogens (tertiary/aromatic N) is 1. The first-order chi connectivity index (χ1) is 8.63. The summed E-state index contributed by atoms with van der Waals surface area (Å²) in [7, 11) is 0. The van der Waals surface area contributed by atoms with Crippen LogP contribution in [0, 0.1) is 5.92 Å². The van der Waals surface area contributed by atoms with Gasteiger partial charge >= 0.3 is 0 Å². The predicted octanol–water partition coefficient (Wildman–Crippen LogP) is 3.50. The average Bonchev–Trinajstić information content (AvgIpc) is 2.41. The lowest BCUT2D eigenvalue weighted by Crippen LogP contribution is -2.43. The number of hydrogen-bond acceptors (Lipinski definition) is 2. The Bertz CT molecular complexity index is 438. The van der Waals surface area contributed by atoms with Crippen molar-refractivity contribution >= 4 is 29.3 Å². The van der Waals surface area contributed by atoms with Crippen molar-refractivity contribution in [1.29, 1.82) is 0 Å². The molecule has 1 aromatic carbocycles. The highest BCUT2D eigenvalue weighted by Gasteiger charge is 2.28. The van der Waals surface area contributed by atoms with Crippen LogP contribution in [0.2, 0.25) is 0 Å². The van der Waals surface area contributed by atoms with E-state index >= 15 is 0 Å². The van der Waals surface area contributed by atoms with Gasteiger partial charge in [-0.15, -0.1) is 23.4 Å². The molecule has 98 valence electrons. The number of hydrogen-bond donors (Lipinski definition) is 0. The molecule has 1 saturated heterocycles. The Kier molecular flexibility index (Phi) is 4.57. The van der Waals surface area contributed by atoms with Crippen molar-refractivity contribution in [1.82, 2.24) is 4.90 Å². The number of carbonyl (C=O) groups is 1. The Hall–Kier alpha value is -0.670. The summed E-state index contributed by atoms with van der Waals surface area (Å²) < 4.78 is 0. The average molecular weight is 284 g/mol. The van der Waals surface area contributed by atoms with Crippen LogP contribution in [-0.4, -0.2) is 35.5 Å². The van der Waals surface area contributed by atoms with E-state index in [1.54, 1.807) is 11.8 Å². The van der Waals surface area contributed by atoms with Crippen LogP contribution in [0.3, 0.4) is 0 Å². The Morgan fingerprint density at radius 1 is 1.44 bits per heavy atom. The van der Waals surface area contributed by atoms with E-state index < -0.39 is 0 Å². The molecule has 2 unspecified atom stereocenters. The summed E-state index contributed by atoms with van der Waals surface area (Å²) in [5.41, 5.74) is 0.810. The fraction of sp³-hybridized carbons (Fsp3) is 0.500. The lowest BCUT2D eigenvalue weighted by atomic mass is 9.99. The molecule has 18 heavy (non-hydrogen) atoms. The van der Waals surface area contributed by atoms with E-state index in [1.807, 2.05) is 35.4 Å². The number of rotatable bonds is 2. The quantitative estimate of drug-likeness (QED) is 0.612. The monoisotopic (exact) mass is 283 g/mol. The fourth-order valence-electron chi connectivity index (χ4n) is 2.29. The molecule has 0 spiro atoms. The molecular formula is C14H18ClNOS. The second-order valence-corrected chi connectivity index (χ2v) is 6.14. The molecule has 2 rings (SSSR count). The zero-order valence-corrected chi connectivity index (χ0v) is 12.3. The van der Waals surface area contributed by atoms with E-state index in [-0.39, 0.29) is 11.3 Å². The van der Waals surface area contributed by atoms with Crippen LogP contribution >= 0.6 is 23.4 Å². The van der Waals surface area contributed by atoms with E-state index in [2.05, 4.69) is 6.92 Å². The smallest absolute Gasteiger partial charge is 0.254 e. The molecule has 0 bridgehead atoms. The third-order valence-corrected chi connectivity index (χ3v) is 4.87. The molecule has 1 aliphatic rings. The van der Waals surface area contributed by atoms with Gasteiger partial charge in [-0.25, -0.2) is 0 Å². The SMILES string of the molecule is CSc1ccccc1C(=O)N1CCC(Cl)C(C)C1. The molecular weight excluding hydrogens is 266 g/mol. The van der Waals surface area contributed by atoms with Gasteiger partial charge in [-0.05, 0) is 30.7 Å². The van der Waals surface area contributed by atoms with Gasteiger partial charge in [0.2, 0.25) is 0 Å². The number of alkyl halides is 1. The van der Waals surface area contributed by atoms with Gasteiger partial charge in [0.1, 0.15) is 0 Å². The minimum Gasteiger partial charge on any atom is -0.338 e. The number of amides is 1. The first-order valence-electron chi connectivity index (χ1n) is 6.20. The second-order valence-electron chi connectivity index (χ2n) is 4.73. The van der Waals surface area contributed by atoms with Crippen LogP contribution in [-0.2, 0) is 0 Å². The molecule has 1 amide bonds. The number of piperidine rings is 1. The molecule has 0 radical (unpaired) electrons. The molecule has 2 atom stereocenters. The maximum atomic E-state index is 12.5. The Morgan fingerprint density at radius 3 is 2.83 bits per heavy atom. The van der Waals surface area contributed by atoms with Crippen molar-refractivity contribution in [3.63, 3.8) is 0 Å². The van der Waals surface area contributed by atoms with Gasteiger partial charge in [0.25, 0.3) is 5.91 Å². The third-order valence-electron chi connectivity index (χ3n) is 3.43. The number of thioether (sulfide) groups is 1. The fourth-order valence-corrected chi connectivity index (χ4v) is 3.06. The number of likely N-dealkylation sites (tertiary alicyclic amines) is 1. The van der Waals surface area contributed by atoms with Crippen LogP contribution in [0.1, 0.15) is 23.7 Å². The Morgan fingerprint density at radius 2 is 2.17 bits per heavy atom. The summed E-state index contributed by atoms with van der Waals surface area (Å²) in [6, 6.07) is 7.79.